The van der Waals surface area contributed by atoms with Gasteiger partial charge in [-0.15, -0.1) is 0 Å². The summed E-state index contributed by atoms with van der Waals surface area (Å²) in [5, 5.41) is 9.92. The highest BCUT2D eigenvalue weighted by atomic mass is 32.1. The third kappa shape index (κ3) is 2.06. The molecule has 1 N–H and O–H groups in total. The van der Waals surface area contributed by atoms with Crippen molar-refractivity contribution in [3.05, 3.63) is 34.6 Å². The number of nitrogens with zero attached hydrogens (tertiary/aromatic N) is 1. The van der Waals surface area contributed by atoms with E-state index in [1.54, 1.807) is 12.1 Å². The highest BCUT2D eigenvalue weighted by molar-refractivity contribution is 7.14. The van der Waals surface area contributed by atoms with Crippen LogP contribution in [-0.2, 0) is 4.79 Å². The summed E-state index contributed by atoms with van der Waals surface area (Å²) in [4.78, 5) is 23.6. The number of rotatable bonds is 4. The lowest BCUT2D eigenvalue weighted by atomic mass is 10.00. The average Bonchev–Trinajstić information content (AvgIpc) is 2.67. The van der Waals surface area contributed by atoms with Gasteiger partial charge >= 0.3 is 5.97 Å². The second-order valence-corrected chi connectivity index (χ2v) is 5.40. The number of benzene rings is 1. The molecule has 5 heteroatoms. The zero-order valence-corrected chi connectivity index (χ0v) is 11.1. The summed E-state index contributed by atoms with van der Waals surface area (Å²) < 4.78 is 2.22. The molecule has 0 saturated heterocycles. The van der Waals surface area contributed by atoms with E-state index in [9.17, 15) is 14.7 Å². The van der Waals surface area contributed by atoms with Crippen LogP contribution in [0.5, 0.6) is 0 Å². The molecule has 1 unspecified atom stereocenters. The molecule has 1 aromatic heterocycles. The first kappa shape index (κ1) is 12.8. The first-order chi connectivity index (χ1) is 8.56. The SMILES string of the molecule is CCC(C)[C@@H](C(=O)O)n1sc2ccccc2c1=O. The van der Waals surface area contributed by atoms with Crippen molar-refractivity contribution in [1.82, 2.24) is 3.96 Å². The van der Waals surface area contributed by atoms with Gasteiger partial charge < -0.3 is 5.11 Å². The first-order valence-electron chi connectivity index (χ1n) is 5.89. The fraction of sp³-hybridized carbons (Fsp3) is 0.385. The molecule has 0 fully saturated rings. The van der Waals surface area contributed by atoms with Gasteiger partial charge in [-0.25, -0.2) is 8.75 Å². The predicted octanol–water partition coefficient (Wildman–Crippen LogP) is 2.73. The number of aromatic nitrogens is 1. The largest absolute Gasteiger partial charge is 0.480 e. The van der Waals surface area contributed by atoms with E-state index in [0.29, 0.717) is 5.39 Å². The number of fused-ring (bicyclic) bond motifs is 1. The van der Waals surface area contributed by atoms with E-state index in [1.807, 2.05) is 26.0 Å². The van der Waals surface area contributed by atoms with Gasteiger partial charge in [0.1, 0.15) is 6.04 Å². The molecule has 0 aliphatic rings. The van der Waals surface area contributed by atoms with E-state index >= 15 is 0 Å². The Hall–Kier alpha value is -1.62. The smallest absolute Gasteiger partial charge is 0.328 e. The normalized spacial score (nSPS) is 14.6. The summed E-state index contributed by atoms with van der Waals surface area (Å²) in [5.41, 5.74) is -0.205. The Morgan fingerprint density at radius 3 is 2.67 bits per heavy atom. The van der Waals surface area contributed by atoms with Gasteiger partial charge in [0.25, 0.3) is 5.56 Å². The minimum absolute atomic E-state index is 0.0757. The summed E-state index contributed by atoms with van der Waals surface area (Å²) in [6.07, 6.45) is 0.720. The van der Waals surface area contributed by atoms with E-state index in [4.69, 9.17) is 0 Å². The maximum absolute atomic E-state index is 12.2. The van der Waals surface area contributed by atoms with Crippen molar-refractivity contribution in [1.29, 1.82) is 0 Å². The summed E-state index contributed by atoms with van der Waals surface area (Å²) in [5.74, 6) is -1.02. The van der Waals surface area contributed by atoms with Crippen LogP contribution < -0.4 is 5.56 Å². The predicted molar refractivity (Wildman–Crippen MR) is 72.2 cm³/mol. The van der Waals surface area contributed by atoms with Gasteiger partial charge in [-0.2, -0.15) is 0 Å². The van der Waals surface area contributed by atoms with Gasteiger partial charge in [-0.1, -0.05) is 43.9 Å². The van der Waals surface area contributed by atoms with Gasteiger partial charge in [0.05, 0.1) is 10.1 Å². The standard InChI is InChI=1S/C13H15NO3S/c1-3-8(2)11(13(16)17)14-12(15)9-6-4-5-7-10(9)18-14/h4-8,11H,3H2,1-2H3,(H,16,17)/t8?,11-/m0/s1. The van der Waals surface area contributed by atoms with Crippen molar-refractivity contribution in [3.63, 3.8) is 0 Å². The van der Waals surface area contributed by atoms with Crippen molar-refractivity contribution in [3.8, 4) is 0 Å². The molecule has 1 aromatic carbocycles. The lowest BCUT2D eigenvalue weighted by Crippen LogP contribution is -2.30. The van der Waals surface area contributed by atoms with Crippen LogP contribution in [0.4, 0.5) is 0 Å². The van der Waals surface area contributed by atoms with Crippen LogP contribution in [0.3, 0.4) is 0 Å². The van der Waals surface area contributed by atoms with Crippen LogP contribution in [0, 0.1) is 5.92 Å². The first-order valence-corrected chi connectivity index (χ1v) is 6.67. The second-order valence-electron chi connectivity index (χ2n) is 4.39. The Morgan fingerprint density at radius 1 is 1.44 bits per heavy atom. The molecular weight excluding hydrogens is 250 g/mol. The number of hydrogen-bond acceptors (Lipinski definition) is 3. The molecule has 2 atom stereocenters. The number of aliphatic carboxylic acids is 1. The highest BCUT2D eigenvalue weighted by Gasteiger charge is 2.28. The zero-order chi connectivity index (χ0) is 13.3. The number of hydrogen-bond donors (Lipinski definition) is 1. The van der Waals surface area contributed by atoms with E-state index in [2.05, 4.69) is 0 Å². The Morgan fingerprint density at radius 2 is 2.11 bits per heavy atom. The molecule has 1 heterocycles. The van der Waals surface area contributed by atoms with Crippen LogP contribution in [-0.4, -0.2) is 15.0 Å². The third-order valence-electron chi connectivity index (χ3n) is 3.20. The molecule has 4 nitrogen and oxygen atoms in total. The molecule has 0 radical (unpaired) electrons. The van der Waals surface area contributed by atoms with Gasteiger partial charge in [0.15, 0.2) is 0 Å². The van der Waals surface area contributed by atoms with E-state index in [0.717, 1.165) is 11.1 Å². The minimum Gasteiger partial charge on any atom is -0.480 e. The summed E-state index contributed by atoms with van der Waals surface area (Å²) in [6.45, 7) is 3.79. The second kappa shape index (κ2) is 4.94. The molecule has 0 saturated carbocycles. The Balaban J connectivity index is 2.61. The fourth-order valence-corrected chi connectivity index (χ4v) is 3.17. The van der Waals surface area contributed by atoms with E-state index in [1.165, 1.54) is 15.5 Å². The third-order valence-corrected chi connectivity index (χ3v) is 4.35. The molecule has 18 heavy (non-hydrogen) atoms. The monoisotopic (exact) mass is 265 g/mol. The van der Waals surface area contributed by atoms with E-state index < -0.39 is 12.0 Å². The van der Waals surface area contributed by atoms with Crippen molar-refractivity contribution < 1.29 is 9.90 Å². The Labute approximate surface area is 109 Å². The zero-order valence-electron chi connectivity index (χ0n) is 10.3. The van der Waals surface area contributed by atoms with Crippen LogP contribution >= 0.6 is 11.5 Å². The molecule has 0 aliphatic carbocycles. The average molecular weight is 265 g/mol. The molecule has 0 spiro atoms. The van der Waals surface area contributed by atoms with Crippen molar-refractivity contribution in [2.24, 2.45) is 5.92 Å². The highest BCUT2D eigenvalue weighted by Crippen LogP contribution is 2.26. The minimum atomic E-state index is -0.946. The molecular formula is C13H15NO3S. The summed E-state index contributed by atoms with van der Waals surface area (Å²) in [6, 6.07) is 6.44. The van der Waals surface area contributed by atoms with Crippen LogP contribution in [0.15, 0.2) is 29.1 Å². The molecule has 0 aliphatic heterocycles. The number of carboxylic acids is 1. The number of carbonyl (C=O) groups is 1. The lowest BCUT2D eigenvalue weighted by Gasteiger charge is -2.18. The van der Waals surface area contributed by atoms with Gasteiger partial charge in [0, 0.05) is 0 Å². The molecule has 96 valence electrons. The van der Waals surface area contributed by atoms with Crippen LogP contribution in [0.25, 0.3) is 10.1 Å². The van der Waals surface area contributed by atoms with Crippen LogP contribution in [0.1, 0.15) is 26.3 Å². The molecule has 2 aromatic rings. The maximum Gasteiger partial charge on any atom is 0.328 e. The van der Waals surface area contributed by atoms with Crippen LogP contribution in [0.2, 0.25) is 0 Å². The molecule has 2 rings (SSSR count). The number of carboxylic acid groups (broad SMARTS) is 1. The van der Waals surface area contributed by atoms with E-state index in [-0.39, 0.29) is 11.5 Å². The maximum atomic E-state index is 12.2. The van der Waals surface area contributed by atoms with Crippen molar-refractivity contribution >= 4 is 27.6 Å². The Bertz CT molecular complexity index is 628. The van der Waals surface area contributed by atoms with Crippen molar-refractivity contribution in [2.75, 3.05) is 0 Å². The molecule has 0 bridgehead atoms. The topological polar surface area (TPSA) is 59.3 Å². The molecule has 0 amide bonds. The summed E-state index contributed by atoms with van der Waals surface area (Å²) in [7, 11) is 0. The summed E-state index contributed by atoms with van der Waals surface area (Å²) >= 11 is 1.23. The van der Waals surface area contributed by atoms with Gasteiger partial charge in [-0.3, -0.25) is 4.79 Å². The van der Waals surface area contributed by atoms with Gasteiger partial charge in [0.2, 0.25) is 0 Å². The van der Waals surface area contributed by atoms with Gasteiger partial charge in [-0.05, 0) is 18.1 Å². The fourth-order valence-electron chi connectivity index (χ4n) is 1.97. The quantitative estimate of drug-likeness (QED) is 0.924. The van der Waals surface area contributed by atoms with Crippen molar-refractivity contribution in [2.45, 2.75) is 26.3 Å². The lowest BCUT2D eigenvalue weighted by molar-refractivity contribution is -0.142. The Kier molecular flexibility index (Phi) is 3.52.